The number of nitrogens with zero attached hydrogens (tertiary/aromatic N) is 4. The summed E-state index contributed by atoms with van der Waals surface area (Å²) < 4.78 is 2.45. The van der Waals surface area contributed by atoms with E-state index in [4.69, 9.17) is 12.2 Å². The Kier molecular flexibility index (Phi) is 6.08. The highest BCUT2D eigenvalue weighted by molar-refractivity contribution is 7.71. The Balaban J connectivity index is 1.68. The first-order valence-electron chi connectivity index (χ1n) is 9.36. The van der Waals surface area contributed by atoms with E-state index < -0.39 is 4.92 Å². The molecule has 1 fully saturated rings. The third-order valence-electron chi connectivity index (χ3n) is 4.81. The van der Waals surface area contributed by atoms with Gasteiger partial charge in [-0.1, -0.05) is 0 Å². The summed E-state index contributed by atoms with van der Waals surface area (Å²) in [6.45, 7) is 5.98. The average Bonchev–Trinajstić information content (AvgIpc) is 3.31. The lowest BCUT2D eigenvalue weighted by atomic mass is 10.1. The van der Waals surface area contributed by atoms with Crippen molar-refractivity contribution < 1.29 is 9.72 Å². The molecular formula is C18H24N6O3S. The predicted molar refractivity (Wildman–Crippen MR) is 108 cm³/mol. The summed E-state index contributed by atoms with van der Waals surface area (Å²) in [6.07, 6.45) is 2.55. The largest absolute Gasteiger partial charge is 0.366 e. The Labute approximate surface area is 167 Å². The molecule has 2 heterocycles. The molecule has 0 aliphatic carbocycles. The standard InChI is InChI=1S/C18H24N6O3S/c1-12(2)23-16(20-21-18(23)28)7-8-19-17(25)13-5-6-14(15(11-13)24(26)27)22-9-3-4-10-22/h5-6,11-12H,3-4,7-10H2,1-2H3,(H,19,25)(H,21,28). The summed E-state index contributed by atoms with van der Waals surface area (Å²) in [5, 5.41) is 21.2. The van der Waals surface area contributed by atoms with E-state index in [-0.39, 0.29) is 23.2 Å². The molecule has 1 saturated heterocycles. The molecule has 1 amide bonds. The molecule has 10 heteroatoms. The molecule has 0 radical (unpaired) electrons. The predicted octanol–water partition coefficient (Wildman–Crippen LogP) is 3.00. The number of hydrogen-bond acceptors (Lipinski definition) is 6. The van der Waals surface area contributed by atoms with Crippen LogP contribution in [-0.4, -0.2) is 45.2 Å². The smallest absolute Gasteiger partial charge is 0.293 e. The van der Waals surface area contributed by atoms with Crippen LogP contribution >= 0.6 is 12.2 Å². The van der Waals surface area contributed by atoms with Crippen molar-refractivity contribution in [2.24, 2.45) is 0 Å². The van der Waals surface area contributed by atoms with Gasteiger partial charge in [-0.3, -0.25) is 20.0 Å². The molecule has 1 aromatic carbocycles. The van der Waals surface area contributed by atoms with Gasteiger partial charge in [-0.05, 0) is 51.0 Å². The number of nitro benzene ring substituents is 1. The fourth-order valence-electron chi connectivity index (χ4n) is 3.47. The number of aromatic nitrogens is 3. The van der Waals surface area contributed by atoms with E-state index in [1.807, 2.05) is 23.3 Å². The average molecular weight is 404 g/mol. The molecule has 150 valence electrons. The number of hydrogen-bond donors (Lipinski definition) is 2. The number of nitrogens with one attached hydrogen (secondary N) is 2. The number of benzene rings is 1. The van der Waals surface area contributed by atoms with Crippen LogP contribution in [0.2, 0.25) is 0 Å². The van der Waals surface area contributed by atoms with Gasteiger partial charge in [-0.15, -0.1) is 0 Å². The van der Waals surface area contributed by atoms with E-state index in [9.17, 15) is 14.9 Å². The number of H-pyrrole nitrogens is 1. The Morgan fingerprint density at radius 1 is 1.39 bits per heavy atom. The number of amides is 1. The van der Waals surface area contributed by atoms with Crippen LogP contribution in [0.5, 0.6) is 0 Å². The van der Waals surface area contributed by atoms with Crippen LogP contribution in [0.4, 0.5) is 11.4 Å². The molecule has 28 heavy (non-hydrogen) atoms. The third-order valence-corrected chi connectivity index (χ3v) is 5.10. The maximum absolute atomic E-state index is 12.5. The van der Waals surface area contributed by atoms with Gasteiger partial charge in [0, 0.05) is 43.7 Å². The lowest BCUT2D eigenvalue weighted by Crippen LogP contribution is -2.27. The fraction of sp³-hybridized carbons (Fsp3) is 0.500. The Morgan fingerprint density at radius 2 is 2.11 bits per heavy atom. The third kappa shape index (κ3) is 4.22. The van der Waals surface area contributed by atoms with Crippen LogP contribution in [0.3, 0.4) is 0 Å². The van der Waals surface area contributed by atoms with Crippen molar-refractivity contribution >= 4 is 29.5 Å². The van der Waals surface area contributed by atoms with Gasteiger partial charge in [-0.25, -0.2) is 0 Å². The first-order valence-corrected chi connectivity index (χ1v) is 9.76. The van der Waals surface area contributed by atoms with E-state index in [0.717, 1.165) is 31.8 Å². The number of carbonyl (C=O) groups excluding carboxylic acids is 1. The topological polar surface area (TPSA) is 109 Å². The van der Waals surface area contributed by atoms with Crippen molar-refractivity contribution in [3.8, 4) is 0 Å². The van der Waals surface area contributed by atoms with Gasteiger partial charge in [0.15, 0.2) is 4.77 Å². The van der Waals surface area contributed by atoms with Crippen molar-refractivity contribution in [3.63, 3.8) is 0 Å². The van der Waals surface area contributed by atoms with Crippen LogP contribution < -0.4 is 10.2 Å². The summed E-state index contributed by atoms with van der Waals surface area (Å²) in [5.74, 6) is 0.414. The zero-order valence-corrected chi connectivity index (χ0v) is 16.8. The van der Waals surface area contributed by atoms with Crippen molar-refractivity contribution in [1.29, 1.82) is 0 Å². The molecule has 0 bridgehead atoms. The van der Waals surface area contributed by atoms with E-state index in [0.29, 0.717) is 23.4 Å². The SMILES string of the molecule is CC(C)n1c(CCNC(=O)c2ccc(N3CCCC3)c([N+](=O)[O-])c2)n[nH]c1=S. The number of aromatic amines is 1. The lowest BCUT2D eigenvalue weighted by molar-refractivity contribution is -0.384. The van der Waals surface area contributed by atoms with Crippen molar-refractivity contribution in [2.45, 2.75) is 39.2 Å². The van der Waals surface area contributed by atoms with Gasteiger partial charge < -0.3 is 14.8 Å². The van der Waals surface area contributed by atoms with E-state index >= 15 is 0 Å². The maximum atomic E-state index is 12.5. The van der Waals surface area contributed by atoms with Crippen molar-refractivity contribution in [1.82, 2.24) is 20.1 Å². The highest BCUT2D eigenvalue weighted by atomic mass is 32.1. The minimum absolute atomic E-state index is 0.0322. The van der Waals surface area contributed by atoms with Gasteiger partial charge >= 0.3 is 0 Å². The van der Waals surface area contributed by atoms with Gasteiger partial charge in [0.05, 0.1) is 4.92 Å². The van der Waals surface area contributed by atoms with Gasteiger partial charge in [-0.2, -0.15) is 5.10 Å². The number of rotatable bonds is 7. The minimum Gasteiger partial charge on any atom is -0.366 e. The van der Waals surface area contributed by atoms with Crippen molar-refractivity contribution in [2.75, 3.05) is 24.5 Å². The molecule has 2 N–H and O–H groups in total. The van der Waals surface area contributed by atoms with E-state index in [2.05, 4.69) is 15.5 Å². The molecule has 0 spiro atoms. The minimum atomic E-state index is -0.426. The van der Waals surface area contributed by atoms with E-state index in [1.165, 1.54) is 6.07 Å². The summed E-state index contributed by atoms with van der Waals surface area (Å²) >= 11 is 5.21. The highest BCUT2D eigenvalue weighted by Crippen LogP contribution is 2.31. The Bertz CT molecular complexity index is 930. The maximum Gasteiger partial charge on any atom is 0.293 e. The molecule has 1 aliphatic rings. The molecule has 0 unspecified atom stereocenters. The quantitative estimate of drug-likeness (QED) is 0.417. The first-order chi connectivity index (χ1) is 13.4. The van der Waals surface area contributed by atoms with Crippen LogP contribution in [-0.2, 0) is 6.42 Å². The fourth-order valence-corrected chi connectivity index (χ4v) is 3.83. The van der Waals surface area contributed by atoms with Gasteiger partial charge in [0.1, 0.15) is 11.5 Å². The molecule has 0 saturated carbocycles. The highest BCUT2D eigenvalue weighted by Gasteiger charge is 2.23. The Hall–Kier alpha value is -2.75. The second-order valence-corrected chi connectivity index (χ2v) is 7.46. The normalized spacial score (nSPS) is 13.9. The first kappa shape index (κ1) is 20.0. The summed E-state index contributed by atoms with van der Waals surface area (Å²) in [4.78, 5) is 25.5. The van der Waals surface area contributed by atoms with Crippen molar-refractivity contribution in [3.05, 3.63) is 44.5 Å². The number of anilines is 1. The zero-order valence-electron chi connectivity index (χ0n) is 16.0. The monoisotopic (exact) mass is 404 g/mol. The van der Waals surface area contributed by atoms with Gasteiger partial charge in [0.25, 0.3) is 11.6 Å². The second-order valence-electron chi connectivity index (χ2n) is 7.07. The Morgan fingerprint density at radius 3 is 2.75 bits per heavy atom. The molecule has 1 aliphatic heterocycles. The molecule has 1 aromatic heterocycles. The molecule has 3 rings (SSSR count). The van der Waals surface area contributed by atoms with E-state index in [1.54, 1.807) is 12.1 Å². The molecule has 9 nitrogen and oxygen atoms in total. The summed E-state index contributed by atoms with van der Waals surface area (Å²) in [5.41, 5.74) is 0.819. The van der Waals surface area contributed by atoms with Crippen LogP contribution in [0.25, 0.3) is 0 Å². The number of carbonyl (C=O) groups is 1. The van der Waals surface area contributed by atoms with Gasteiger partial charge in [0.2, 0.25) is 0 Å². The van der Waals surface area contributed by atoms with Crippen LogP contribution in [0, 0.1) is 14.9 Å². The van der Waals surface area contributed by atoms with Crippen LogP contribution in [0.15, 0.2) is 18.2 Å². The second kappa shape index (κ2) is 8.51. The summed E-state index contributed by atoms with van der Waals surface area (Å²) in [7, 11) is 0. The lowest BCUT2D eigenvalue weighted by Gasteiger charge is -2.17. The number of nitro groups is 1. The molecular weight excluding hydrogens is 380 g/mol. The summed E-state index contributed by atoms with van der Waals surface area (Å²) in [6, 6.07) is 4.83. The van der Waals surface area contributed by atoms with Crippen LogP contribution in [0.1, 0.15) is 48.9 Å². The zero-order chi connectivity index (χ0) is 20.3. The molecule has 2 aromatic rings. The molecule has 0 atom stereocenters.